The van der Waals surface area contributed by atoms with Crippen LogP contribution in [-0.4, -0.2) is 18.5 Å². The molecule has 4 nitrogen and oxygen atoms in total. The van der Waals surface area contributed by atoms with Crippen LogP contribution in [0.5, 0.6) is 5.75 Å². The molecule has 23 heavy (non-hydrogen) atoms. The zero-order valence-corrected chi connectivity index (χ0v) is 13.4. The SMILES string of the molecule is C=CC(=O)OCC(C)=CC=C(C)c1ccc(OC(=O)C=C)cc1. The first-order valence-electron chi connectivity index (χ1n) is 7.04. The Morgan fingerprint density at radius 3 is 2.17 bits per heavy atom. The van der Waals surface area contributed by atoms with Crippen molar-refractivity contribution in [2.75, 3.05) is 6.61 Å². The molecule has 0 fully saturated rings. The van der Waals surface area contributed by atoms with Gasteiger partial charge in [-0.1, -0.05) is 37.4 Å². The summed E-state index contributed by atoms with van der Waals surface area (Å²) in [5, 5.41) is 0. The number of carbonyl (C=O) groups excluding carboxylic acids is 2. The molecule has 0 saturated heterocycles. The number of allylic oxidation sites excluding steroid dienone is 3. The van der Waals surface area contributed by atoms with E-state index in [0.29, 0.717) is 5.75 Å². The summed E-state index contributed by atoms with van der Waals surface area (Å²) in [7, 11) is 0. The minimum Gasteiger partial charge on any atom is -0.458 e. The number of hydrogen-bond acceptors (Lipinski definition) is 4. The Hall–Kier alpha value is -2.88. The Kier molecular flexibility index (Phi) is 7.27. The zero-order chi connectivity index (χ0) is 17.2. The van der Waals surface area contributed by atoms with Crippen LogP contribution in [0.3, 0.4) is 0 Å². The normalized spacial score (nSPS) is 11.6. The summed E-state index contributed by atoms with van der Waals surface area (Å²) in [5.74, 6) is -0.463. The van der Waals surface area contributed by atoms with Crippen molar-refractivity contribution in [2.24, 2.45) is 0 Å². The van der Waals surface area contributed by atoms with E-state index >= 15 is 0 Å². The van der Waals surface area contributed by atoms with Gasteiger partial charge in [-0.05, 0) is 42.7 Å². The van der Waals surface area contributed by atoms with E-state index in [1.54, 1.807) is 12.1 Å². The molecule has 0 bridgehead atoms. The first-order valence-corrected chi connectivity index (χ1v) is 7.04. The first-order chi connectivity index (χ1) is 11.0. The fourth-order valence-electron chi connectivity index (χ4n) is 1.60. The van der Waals surface area contributed by atoms with Gasteiger partial charge in [0.2, 0.25) is 0 Å². The van der Waals surface area contributed by atoms with E-state index in [1.807, 2.05) is 38.1 Å². The molecular weight excluding hydrogens is 292 g/mol. The van der Waals surface area contributed by atoms with Crippen LogP contribution in [0.25, 0.3) is 5.57 Å². The summed E-state index contributed by atoms with van der Waals surface area (Å²) in [6.07, 6.45) is 6.07. The van der Waals surface area contributed by atoms with Gasteiger partial charge in [0.15, 0.2) is 0 Å². The standard InChI is InChI=1S/C19H20O4/c1-5-18(20)22-13-14(3)7-8-15(4)16-9-11-17(12-10-16)23-19(21)6-2/h5-12H,1-2,13H2,3-4H3. The van der Waals surface area contributed by atoms with Crippen LogP contribution in [-0.2, 0) is 14.3 Å². The summed E-state index contributed by atoms with van der Waals surface area (Å²) >= 11 is 0. The molecule has 4 heteroatoms. The van der Waals surface area contributed by atoms with Crippen molar-refractivity contribution in [2.45, 2.75) is 13.8 Å². The van der Waals surface area contributed by atoms with E-state index < -0.39 is 11.9 Å². The molecule has 0 aliphatic heterocycles. The highest BCUT2D eigenvalue weighted by atomic mass is 16.5. The van der Waals surface area contributed by atoms with Gasteiger partial charge in [-0.15, -0.1) is 0 Å². The maximum atomic E-state index is 11.1. The highest BCUT2D eigenvalue weighted by molar-refractivity contribution is 5.83. The molecule has 1 rings (SSSR count). The molecule has 0 N–H and O–H groups in total. The number of carbonyl (C=O) groups is 2. The van der Waals surface area contributed by atoms with Gasteiger partial charge < -0.3 is 9.47 Å². The maximum Gasteiger partial charge on any atom is 0.335 e. The van der Waals surface area contributed by atoms with Crippen LogP contribution in [0.4, 0.5) is 0 Å². The summed E-state index contributed by atoms with van der Waals surface area (Å²) in [6.45, 7) is 10.8. The van der Waals surface area contributed by atoms with Gasteiger partial charge in [0, 0.05) is 12.2 Å². The fraction of sp³-hybridized carbons (Fsp3) is 0.158. The van der Waals surface area contributed by atoms with Crippen molar-refractivity contribution >= 4 is 17.5 Å². The monoisotopic (exact) mass is 312 g/mol. The van der Waals surface area contributed by atoms with Crippen molar-refractivity contribution in [1.82, 2.24) is 0 Å². The first kappa shape index (κ1) is 18.2. The minimum atomic E-state index is -0.488. The minimum absolute atomic E-state index is 0.227. The van der Waals surface area contributed by atoms with Crippen LogP contribution < -0.4 is 4.74 Å². The Morgan fingerprint density at radius 2 is 1.61 bits per heavy atom. The molecule has 0 spiro atoms. The van der Waals surface area contributed by atoms with E-state index in [-0.39, 0.29) is 6.61 Å². The van der Waals surface area contributed by atoms with E-state index in [9.17, 15) is 9.59 Å². The Balaban J connectivity index is 2.70. The van der Waals surface area contributed by atoms with Crippen molar-refractivity contribution in [1.29, 1.82) is 0 Å². The molecule has 0 saturated carbocycles. The number of benzene rings is 1. The highest BCUT2D eigenvalue weighted by Crippen LogP contribution is 2.19. The van der Waals surface area contributed by atoms with Gasteiger partial charge in [0.1, 0.15) is 12.4 Å². The molecule has 0 atom stereocenters. The second-order valence-electron chi connectivity index (χ2n) is 4.82. The van der Waals surface area contributed by atoms with Crippen molar-refractivity contribution in [3.05, 3.63) is 72.9 Å². The molecule has 0 amide bonds. The van der Waals surface area contributed by atoms with Gasteiger partial charge in [0.25, 0.3) is 0 Å². The second-order valence-corrected chi connectivity index (χ2v) is 4.82. The van der Waals surface area contributed by atoms with Gasteiger partial charge >= 0.3 is 11.9 Å². The number of ether oxygens (including phenoxy) is 2. The van der Waals surface area contributed by atoms with Gasteiger partial charge in [-0.25, -0.2) is 9.59 Å². The third-order valence-electron chi connectivity index (χ3n) is 2.92. The number of esters is 2. The van der Waals surface area contributed by atoms with E-state index in [0.717, 1.165) is 28.9 Å². The summed E-state index contributed by atoms with van der Waals surface area (Å²) < 4.78 is 9.96. The van der Waals surface area contributed by atoms with Crippen molar-refractivity contribution < 1.29 is 19.1 Å². The van der Waals surface area contributed by atoms with Crippen LogP contribution in [0.1, 0.15) is 19.4 Å². The Bertz CT molecular complexity index is 648. The van der Waals surface area contributed by atoms with E-state index in [1.165, 1.54) is 0 Å². The van der Waals surface area contributed by atoms with E-state index in [4.69, 9.17) is 9.47 Å². The topological polar surface area (TPSA) is 52.6 Å². The highest BCUT2D eigenvalue weighted by Gasteiger charge is 2.01. The van der Waals surface area contributed by atoms with Gasteiger partial charge in [-0.3, -0.25) is 0 Å². The summed E-state index contributed by atoms with van der Waals surface area (Å²) in [6, 6.07) is 7.16. The average molecular weight is 312 g/mol. The van der Waals surface area contributed by atoms with Gasteiger partial charge in [0.05, 0.1) is 0 Å². The predicted molar refractivity (Wildman–Crippen MR) is 90.8 cm³/mol. The molecule has 1 aromatic rings. The molecule has 0 radical (unpaired) electrons. The largest absolute Gasteiger partial charge is 0.458 e. The third-order valence-corrected chi connectivity index (χ3v) is 2.92. The fourth-order valence-corrected chi connectivity index (χ4v) is 1.60. The molecule has 0 aliphatic rings. The average Bonchev–Trinajstić information content (AvgIpc) is 2.57. The van der Waals surface area contributed by atoms with Crippen LogP contribution >= 0.6 is 0 Å². The molecule has 0 unspecified atom stereocenters. The number of rotatable bonds is 7. The summed E-state index contributed by atoms with van der Waals surface area (Å²) in [4.78, 5) is 22.1. The quantitative estimate of drug-likeness (QED) is 0.332. The van der Waals surface area contributed by atoms with E-state index in [2.05, 4.69) is 13.2 Å². The second kappa shape index (κ2) is 9.20. The Morgan fingerprint density at radius 1 is 1.00 bits per heavy atom. The molecule has 0 aliphatic carbocycles. The maximum absolute atomic E-state index is 11.1. The third kappa shape index (κ3) is 6.61. The predicted octanol–water partition coefficient (Wildman–Crippen LogP) is 3.86. The Labute approximate surface area is 136 Å². The lowest BCUT2D eigenvalue weighted by Crippen LogP contribution is -2.02. The lowest BCUT2D eigenvalue weighted by atomic mass is 10.1. The smallest absolute Gasteiger partial charge is 0.335 e. The molecular formula is C19H20O4. The molecule has 0 heterocycles. The zero-order valence-electron chi connectivity index (χ0n) is 13.4. The van der Waals surface area contributed by atoms with Crippen molar-refractivity contribution in [3.63, 3.8) is 0 Å². The van der Waals surface area contributed by atoms with Crippen LogP contribution in [0, 0.1) is 0 Å². The van der Waals surface area contributed by atoms with Gasteiger partial charge in [-0.2, -0.15) is 0 Å². The van der Waals surface area contributed by atoms with Crippen LogP contribution in [0.2, 0.25) is 0 Å². The summed E-state index contributed by atoms with van der Waals surface area (Å²) in [5.41, 5.74) is 2.94. The molecule has 120 valence electrons. The number of hydrogen-bond donors (Lipinski definition) is 0. The van der Waals surface area contributed by atoms with Crippen LogP contribution in [0.15, 0.2) is 67.3 Å². The lowest BCUT2D eigenvalue weighted by Gasteiger charge is -2.05. The van der Waals surface area contributed by atoms with Crippen molar-refractivity contribution in [3.8, 4) is 5.75 Å². The lowest BCUT2D eigenvalue weighted by molar-refractivity contribution is -0.136. The molecule has 0 aromatic heterocycles. The molecule has 1 aromatic carbocycles.